The Kier molecular flexibility index (Phi) is 10.3. The minimum atomic E-state index is -0.798. The van der Waals surface area contributed by atoms with Gasteiger partial charge >= 0.3 is 0 Å². The zero-order valence-electron chi connectivity index (χ0n) is 15.3. The molecule has 0 bridgehead atoms. The molecule has 0 saturated heterocycles. The van der Waals surface area contributed by atoms with Gasteiger partial charge in [0.25, 0.3) is 0 Å². The van der Waals surface area contributed by atoms with Gasteiger partial charge in [0, 0.05) is 12.6 Å². The summed E-state index contributed by atoms with van der Waals surface area (Å²) in [7, 11) is 0. The molecule has 0 radical (unpaired) electrons. The Morgan fingerprint density at radius 3 is 2.54 bits per heavy atom. The maximum absolute atomic E-state index is 12.0. The van der Waals surface area contributed by atoms with Gasteiger partial charge in [-0.2, -0.15) is 5.10 Å². The van der Waals surface area contributed by atoms with E-state index in [2.05, 4.69) is 10.4 Å². The summed E-state index contributed by atoms with van der Waals surface area (Å²) in [6, 6.07) is 11.7. The number of halogens is 2. The summed E-state index contributed by atoms with van der Waals surface area (Å²) in [6.07, 6.45) is 3.10. The number of carbonyl (C=O) groups is 1. The highest BCUT2D eigenvalue weighted by Crippen LogP contribution is 2.15. The van der Waals surface area contributed by atoms with E-state index in [0.29, 0.717) is 18.8 Å². The van der Waals surface area contributed by atoms with Crippen molar-refractivity contribution in [2.75, 3.05) is 12.3 Å². The van der Waals surface area contributed by atoms with Crippen molar-refractivity contribution in [2.24, 2.45) is 5.73 Å². The predicted octanol–water partition coefficient (Wildman–Crippen LogP) is 2.86. The number of rotatable bonds is 8. The second-order valence-electron chi connectivity index (χ2n) is 6.33. The van der Waals surface area contributed by atoms with Gasteiger partial charge in [0.05, 0.1) is 16.9 Å². The topological polar surface area (TPSA) is 99.0 Å². The minimum absolute atomic E-state index is 0. The van der Waals surface area contributed by atoms with E-state index in [1.807, 2.05) is 43.3 Å². The first-order valence-corrected chi connectivity index (χ1v) is 8.41. The third kappa shape index (κ3) is 6.52. The number of hydrogen-bond donors (Lipinski definition) is 3. The van der Waals surface area contributed by atoms with Crippen molar-refractivity contribution in [3.63, 3.8) is 0 Å². The van der Waals surface area contributed by atoms with E-state index in [4.69, 9.17) is 11.5 Å². The molecule has 6 nitrogen and oxygen atoms in total. The number of carbonyl (C=O) groups excluding carboxylic acids is 1. The maximum atomic E-state index is 12.0. The molecular formula is C18H29Cl2N5O. The van der Waals surface area contributed by atoms with Crippen LogP contribution in [0.5, 0.6) is 0 Å². The summed E-state index contributed by atoms with van der Waals surface area (Å²) in [4.78, 5) is 12.0. The lowest BCUT2D eigenvalue weighted by atomic mass is 9.96. The average molecular weight is 402 g/mol. The third-order valence-electron chi connectivity index (χ3n) is 3.97. The van der Waals surface area contributed by atoms with E-state index in [9.17, 15) is 4.79 Å². The Morgan fingerprint density at radius 1 is 1.27 bits per heavy atom. The van der Waals surface area contributed by atoms with Gasteiger partial charge in [-0.1, -0.05) is 31.5 Å². The van der Waals surface area contributed by atoms with E-state index in [0.717, 1.165) is 30.6 Å². The highest BCUT2D eigenvalue weighted by Gasteiger charge is 2.26. The molecule has 146 valence electrons. The second kappa shape index (κ2) is 11.1. The molecule has 1 amide bonds. The molecule has 8 heteroatoms. The molecule has 1 heterocycles. The summed E-state index contributed by atoms with van der Waals surface area (Å²) >= 11 is 0. The molecule has 0 aliphatic heterocycles. The summed E-state index contributed by atoms with van der Waals surface area (Å²) in [5, 5.41) is 7.43. The van der Waals surface area contributed by atoms with Gasteiger partial charge in [-0.15, -0.1) is 24.8 Å². The molecule has 0 saturated carbocycles. The third-order valence-corrected chi connectivity index (χ3v) is 3.97. The van der Waals surface area contributed by atoms with Crippen LogP contribution in [0.25, 0.3) is 5.69 Å². The molecule has 1 atom stereocenters. The number of amides is 1. The Bertz CT molecular complexity index is 673. The Labute approximate surface area is 167 Å². The van der Waals surface area contributed by atoms with Crippen LogP contribution < -0.4 is 16.8 Å². The Balaban J connectivity index is 0.00000312. The number of nitrogens with one attached hydrogen (secondary N) is 1. The van der Waals surface area contributed by atoms with Crippen LogP contribution in [-0.2, 0) is 11.2 Å². The summed E-state index contributed by atoms with van der Waals surface area (Å²) < 4.78 is 1.73. The number of nitrogens with two attached hydrogens (primary N) is 2. The van der Waals surface area contributed by atoms with Gasteiger partial charge in [0.2, 0.25) is 5.91 Å². The van der Waals surface area contributed by atoms with E-state index < -0.39 is 5.54 Å². The number of nitrogens with zero attached hydrogens (tertiary/aromatic N) is 2. The number of benzene rings is 1. The first-order chi connectivity index (χ1) is 11.4. The fraction of sp³-hybridized carbons (Fsp3) is 0.444. The fourth-order valence-corrected chi connectivity index (χ4v) is 2.65. The van der Waals surface area contributed by atoms with Crippen molar-refractivity contribution >= 4 is 36.5 Å². The molecule has 0 aliphatic carbocycles. The van der Waals surface area contributed by atoms with E-state index in [1.54, 1.807) is 11.6 Å². The van der Waals surface area contributed by atoms with Crippen molar-refractivity contribution in [2.45, 2.75) is 45.1 Å². The number of aryl methyl sites for hydroxylation is 1. The maximum Gasteiger partial charge on any atom is 0.239 e. The summed E-state index contributed by atoms with van der Waals surface area (Å²) in [6.45, 7) is 4.37. The number of aromatic nitrogens is 2. The lowest BCUT2D eigenvalue weighted by Gasteiger charge is -2.22. The normalized spacial score (nSPS) is 12.4. The van der Waals surface area contributed by atoms with Crippen LogP contribution in [0.15, 0.2) is 36.4 Å². The van der Waals surface area contributed by atoms with Crippen molar-refractivity contribution in [1.29, 1.82) is 0 Å². The van der Waals surface area contributed by atoms with Crippen molar-refractivity contribution in [3.05, 3.63) is 42.1 Å². The zero-order valence-corrected chi connectivity index (χ0v) is 16.9. The monoisotopic (exact) mass is 401 g/mol. The van der Waals surface area contributed by atoms with Crippen LogP contribution >= 0.6 is 24.8 Å². The molecule has 1 aromatic heterocycles. The average Bonchev–Trinajstić information content (AvgIpc) is 2.93. The zero-order chi connectivity index (χ0) is 17.6. The number of para-hydroxylation sites is 1. The largest absolute Gasteiger partial charge is 0.384 e. The standard InChI is InChI=1S/C18H27N5O.2ClH/c1-3-11-18(2,20)17(24)21-12-7-8-14-13-16(19)23(22-14)15-9-5-4-6-10-15;;/h4-6,9-10,13H,3,7-8,11-12,19-20H2,1-2H3,(H,21,24);2*1H. The summed E-state index contributed by atoms with van der Waals surface area (Å²) in [5.74, 6) is 0.511. The Morgan fingerprint density at radius 2 is 1.92 bits per heavy atom. The van der Waals surface area contributed by atoms with Crippen molar-refractivity contribution in [1.82, 2.24) is 15.1 Å². The first-order valence-electron chi connectivity index (χ1n) is 8.41. The SMILES string of the molecule is CCCC(C)(N)C(=O)NCCCc1cc(N)n(-c2ccccc2)n1.Cl.Cl. The van der Waals surface area contributed by atoms with Gasteiger partial charge in [0.1, 0.15) is 5.82 Å². The van der Waals surface area contributed by atoms with Crippen LogP contribution in [0.4, 0.5) is 5.82 Å². The lowest BCUT2D eigenvalue weighted by Crippen LogP contribution is -2.51. The molecule has 2 rings (SSSR count). The highest BCUT2D eigenvalue weighted by atomic mass is 35.5. The minimum Gasteiger partial charge on any atom is -0.384 e. The van der Waals surface area contributed by atoms with E-state index in [1.165, 1.54) is 0 Å². The predicted molar refractivity (Wildman–Crippen MR) is 111 cm³/mol. The van der Waals surface area contributed by atoms with Gasteiger partial charge in [0.15, 0.2) is 0 Å². The van der Waals surface area contributed by atoms with Gasteiger partial charge in [-0.25, -0.2) is 4.68 Å². The quantitative estimate of drug-likeness (QED) is 0.592. The highest BCUT2D eigenvalue weighted by molar-refractivity contribution is 5.86. The molecule has 1 aromatic carbocycles. The van der Waals surface area contributed by atoms with Crippen LogP contribution in [0.3, 0.4) is 0 Å². The van der Waals surface area contributed by atoms with E-state index >= 15 is 0 Å². The molecule has 0 aliphatic rings. The van der Waals surface area contributed by atoms with Gasteiger partial charge < -0.3 is 16.8 Å². The number of nitrogen functional groups attached to an aromatic ring is 1. The Hall–Kier alpha value is -1.76. The number of hydrogen-bond acceptors (Lipinski definition) is 4. The van der Waals surface area contributed by atoms with Gasteiger partial charge in [-0.3, -0.25) is 4.79 Å². The molecule has 0 spiro atoms. The van der Waals surface area contributed by atoms with Crippen LogP contribution in [0, 0.1) is 0 Å². The molecule has 2 aromatic rings. The molecule has 5 N–H and O–H groups in total. The van der Waals surface area contributed by atoms with Crippen LogP contribution in [0.2, 0.25) is 0 Å². The fourth-order valence-electron chi connectivity index (χ4n) is 2.65. The molecule has 1 unspecified atom stereocenters. The first kappa shape index (κ1) is 24.2. The number of anilines is 1. The summed E-state index contributed by atoms with van der Waals surface area (Å²) in [5.41, 5.74) is 13.1. The molecular weight excluding hydrogens is 373 g/mol. The second-order valence-corrected chi connectivity index (χ2v) is 6.33. The van der Waals surface area contributed by atoms with Crippen molar-refractivity contribution in [3.8, 4) is 5.69 Å². The van der Waals surface area contributed by atoms with Crippen LogP contribution in [-0.4, -0.2) is 27.8 Å². The smallest absolute Gasteiger partial charge is 0.239 e. The molecule has 0 fully saturated rings. The van der Waals surface area contributed by atoms with E-state index in [-0.39, 0.29) is 30.7 Å². The van der Waals surface area contributed by atoms with Gasteiger partial charge in [-0.05, 0) is 38.3 Å². The molecule has 26 heavy (non-hydrogen) atoms. The lowest BCUT2D eigenvalue weighted by molar-refractivity contribution is -0.126. The van der Waals surface area contributed by atoms with Crippen molar-refractivity contribution < 1.29 is 4.79 Å². The van der Waals surface area contributed by atoms with Crippen LogP contribution in [0.1, 0.15) is 38.8 Å².